The lowest BCUT2D eigenvalue weighted by atomic mass is 9.74. The molecule has 2 rings (SSSR count). The van der Waals surface area contributed by atoms with Gasteiger partial charge in [-0.3, -0.25) is 14.5 Å². The Labute approximate surface area is 199 Å². The number of hydrogen-bond acceptors (Lipinski definition) is 4. The number of halogens is 1. The van der Waals surface area contributed by atoms with E-state index < -0.39 is 5.91 Å². The first-order chi connectivity index (χ1) is 14.4. The quantitative estimate of drug-likeness (QED) is 0.288. The number of hydrogen-bond donors (Lipinski definition) is 1. The molecular weight excluding hydrogens is 501 g/mol. The van der Waals surface area contributed by atoms with E-state index in [1.807, 2.05) is 16.9 Å². The van der Waals surface area contributed by atoms with Crippen LogP contribution in [0.4, 0.5) is 0 Å². The van der Waals surface area contributed by atoms with Crippen molar-refractivity contribution in [1.29, 1.82) is 0 Å². The highest BCUT2D eigenvalue weighted by molar-refractivity contribution is 14.1. The molecule has 31 heavy (non-hydrogen) atoms. The van der Waals surface area contributed by atoms with Gasteiger partial charge >= 0.3 is 0 Å². The lowest BCUT2D eigenvalue weighted by molar-refractivity contribution is -0.113. The highest BCUT2D eigenvalue weighted by Gasteiger charge is 2.30. The van der Waals surface area contributed by atoms with E-state index in [0.717, 1.165) is 12.1 Å². The van der Waals surface area contributed by atoms with Crippen LogP contribution >= 0.6 is 22.6 Å². The van der Waals surface area contributed by atoms with Crippen molar-refractivity contribution in [2.75, 3.05) is 0 Å². The SMILES string of the molecule is CC(C)(C)C(Cn1cc(CC(c2ccccc2)C(C)(C)C)nn1)/C(=C/C(N)=O)N=CI. The Bertz CT molecular complexity index is 919. The monoisotopic (exact) mass is 535 g/mol. The molecule has 2 aromatic rings. The molecule has 0 radical (unpaired) electrons. The summed E-state index contributed by atoms with van der Waals surface area (Å²) in [6.45, 7) is 13.7. The summed E-state index contributed by atoms with van der Waals surface area (Å²) in [4.78, 5) is 16.0. The van der Waals surface area contributed by atoms with Crippen LogP contribution in [-0.4, -0.2) is 25.1 Å². The Morgan fingerprint density at radius 3 is 2.32 bits per heavy atom. The fourth-order valence-electron chi connectivity index (χ4n) is 3.77. The Balaban J connectivity index is 2.29. The first kappa shape index (κ1) is 25.2. The molecule has 0 saturated carbocycles. The minimum absolute atomic E-state index is 0.0481. The molecule has 0 aliphatic carbocycles. The number of aliphatic imine (C=N–C) groups is 1. The molecule has 0 fully saturated rings. The third-order valence-corrected chi connectivity index (χ3v) is 5.79. The molecule has 7 heteroatoms. The minimum Gasteiger partial charge on any atom is -0.366 e. The summed E-state index contributed by atoms with van der Waals surface area (Å²) in [6, 6.07) is 10.6. The van der Waals surface area contributed by atoms with Crippen LogP contribution in [0, 0.1) is 16.7 Å². The highest BCUT2D eigenvalue weighted by atomic mass is 127. The first-order valence-electron chi connectivity index (χ1n) is 10.5. The lowest BCUT2D eigenvalue weighted by Crippen LogP contribution is -2.28. The van der Waals surface area contributed by atoms with E-state index in [2.05, 4.69) is 104 Å². The number of carbonyl (C=O) groups is 1. The van der Waals surface area contributed by atoms with Crippen molar-refractivity contribution in [1.82, 2.24) is 15.0 Å². The molecule has 2 atom stereocenters. The van der Waals surface area contributed by atoms with Gasteiger partial charge < -0.3 is 5.73 Å². The number of amides is 1. The summed E-state index contributed by atoms with van der Waals surface area (Å²) in [5, 5.41) is 8.85. The van der Waals surface area contributed by atoms with Crippen LogP contribution in [0.1, 0.15) is 58.7 Å². The van der Waals surface area contributed by atoms with E-state index in [-0.39, 0.29) is 16.7 Å². The van der Waals surface area contributed by atoms with Crippen LogP contribution < -0.4 is 5.73 Å². The van der Waals surface area contributed by atoms with Crippen molar-refractivity contribution in [2.45, 2.75) is 60.4 Å². The summed E-state index contributed by atoms with van der Waals surface area (Å²) in [7, 11) is 0. The predicted molar refractivity (Wildman–Crippen MR) is 135 cm³/mol. The number of primary amides is 1. The number of rotatable bonds is 8. The highest BCUT2D eigenvalue weighted by Crippen LogP contribution is 2.38. The molecule has 168 valence electrons. The first-order valence-corrected chi connectivity index (χ1v) is 11.7. The minimum atomic E-state index is -0.499. The Kier molecular flexibility index (Phi) is 8.57. The summed E-state index contributed by atoms with van der Waals surface area (Å²) in [5.41, 5.74) is 8.29. The van der Waals surface area contributed by atoms with Crippen molar-refractivity contribution in [3.05, 3.63) is 59.6 Å². The van der Waals surface area contributed by atoms with E-state index >= 15 is 0 Å². The topological polar surface area (TPSA) is 86.2 Å². The van der Waals surface area contributed by atoms with Crippen LogP contribution in [-0.2, 0) is 17.8 Å². The average molecular weight is 535 g/mol. The zero-order valence-electron chi connectivity index (χ0n) is 19.3. The second-order valence-electron chi connectivity index (χ2n) is 10.1. The van der Waals surface area contributed by atoms with Crippen molar-refractivity contribution in [2.24, 2.45) is 27.5 Å². The maximum atomic E-state index is 11.6. The zero-order valence-corrected chi connectivity index (χ0v) is 21.5. The van der Waals surface area contributed by atoms with E-state index in [9.17, 15) is 4.79 Å². The zero-order chi connectivity index (χ0) is 23.2. The second-order valence-corrected chi connectivity index (χ2v) is 10.6. The van der Waals surface area contributed by atoms with Crippen LogP contribution in [0.3, 0.4) is 0 Å². The van der Waals surface area contributed by atoms with Gasteiger partial charge in [0.25, 0.3) is 0 Å². The van der Waals surface area contributed by atoms with Gasteiger partial charge in [-0.05, 0) is 44.9 Å². The van der Waals surface area contributed by atoms with Gasteiger partial charge in [0, 0.05) is 24.6 Å². The molecule has 2 N–H and O–H groups in total. The standard InChI is InChI=1S/C24H34IN5O/c1-23(2,3)19(17-10-8-7-9-11-17)12-18-14-30(29-28-18)15-20(24(4,5)6)21(27-16-25)13-22(26)31/h7-11,13-14,16,19-20H,12,15H2,1-6H3,(H2,26,31)/b21-13-,27-16?. The van der Waals surface area contributed by atoms with Gasteiger partial charge in [0.2, 0.25) is 5.91 Å². The van der Waals surface area contributed by atoms with Gasteiger partial charge in [0.05, 0.1) is 22.2 Å². The van der Waals surface area contributed by atoms with E-state index in [1.165, 1.54) is 11.6 Å². The van der Waals surface area contributed by atoms with Crippen molar-refractivity contribution >= 4 is 32.7 Å². The number of allylic oxidation sites excluding steroid dienone is 1. The third kappa shape index (κ3) is 7.55. The third-order valence-electron chi connectivity index (χ3n) is 5.51. The van der Waals surface area contributed by atoms with Gasteiger partial charge in [-0.2, -0.15) is 0 Å². The molecule has 1 amide bonds. The molecule has 0 saturated heterocycles. The molecule has 2 unspecified atom stereocenters. The largest absolute Gasteiger partial charge is 0.366 e. The Morgan fingerprint density at radius 2 is 1.81 bits per heavy atom. The van der Waals surface area contributed by atoms with Crippen LogP contribution in [0.25, 0.3) is 0 Å². The molecule has 6 nitrogen and oxygen atoms in total. The Morgan fingerprint density at radius 1 is 1.16 bits per heavy atom. The summed E-state index contributed by atoms with van der Waals surface area (Å²) in [6.07, 6.45) is 4.23. The molecule has 0 aliphatic rings. The van der Waals surface area contributed by atoms with Gasteiger partial charge in [-0.15, -0.1) is 5.10 Å². The fourth-order valence-corrected chi connectivity index (χ4v) is 4.09. The number of aromatic nitrogens is 3. The van der Waals surface area contributed by atoms with E-state index in [0.29, 0.717) is 18.2 Å². The van der Waals surface area contributed by atoms with Crippen LogP contribution in [0.2, 0.25) is 0 Å². The molecule has 0 spiro atoms. The fraction of sp³-hybridized carbons (Fsp3) is 0.500. The average Bonchev–Trinajstić information content (AvgIpc) is 3.10. The maximum Gasteiger partial charge on any atom is 0.243 e. The molecule has 1 aromatic carbocycles. The maximum absolute atomic E-state index is 11.6. The summed E-state index contributed by atoms with van der Waals surface area (Å²) in [5.74, 6) is -0.222. The number of nitrogens with zero attached hydrogens (tertiary/aromatic N) is 4. The smallest absolute Gasteiger partial charge is 0.243 e. The van der Waals surface area contributed by atoms with Gasteiger partial charge in [0.1, 0.15) is 0 Å². The lowest BCUT2D eigenvalue weighted by Gasteiger charge is -2.31. The van der Waals surface area contributed by atoms with E-state index in [4.69, 9.17) is 5.73 Å². The Hall–Kier alpha value is -2.03. The van der Waals surface area contributed by atoms with Gasteiger partial charge in [0.15, 0.2) is 0 Å². The number of nitrogens with two attached hydrogens (primary N) is 1. The van der Waals surface area contributed by atoms with Crippen LogP contribution in [0.15, 0.2) is 53.3 Å². The predicted octanol–water partition coefficient (Wildman–Crippen LogP) is 5.15. The van der Waals surface area contributed by atoms with Crippen molar-refractivity contribution in [3.8, 4) is 0 Å². The molecule has 1 heterocycles. The van der Waals surface area contributed by atoms with Crippen molar-refractivity contribution in [3.63, 3.8) is 0 Å². The molecular formula is C24H34IN5O. The number of benzene rings is 1. The number of carbonyl (C=O) groups excluding carboxylic acids is 1. The van der Waals surface area contributed by atoms with E-state index in [1.54, 1.807) is 4.22 Å². The second kappa shape index (κ2) is 10.5. The van der Waals surface area contributed by atoms with Crippen LogP contribution in [0.5, 0.6) is 0 Å². The molecule has 0 bridgehead atoms. The normalized spacial score (nSPS) is 15.3. The molecule has 0 aliphatic heterocycles. The molecule has 1 aromatic heterocycles. The van der Waals surface area contributed by atoms with Gasteiger partial charge in [-0.1, -0.05) is 77.1 Å². The summed E-state index contributed by atoms with van der Waals surface area (Å²) >= 11 is 2.05. The summed E-state index contributed by atoms with van der Waals surface area (Å²) < 4.78 is 3.51. The van der Waals surface area contributed by atoms with Crippen molar-refractivity contribution < 1.29 is 4.79 Å². The van der Waals surface area contributed by atoms with Gasteiger partial charge in [-0.25, -0.2) is 0 Å².